The van der Waals surface area contributed by atoms with Crippen LogP contribution in [0.5, 0.6) is 0 Å². The summed E-state index contributed by atoms with van der Waals surface area (Å²) < 4.78 is 37.3. The van der Waals surface area contributed by atoms with Gasteiger partial charge in [0.2, 0.25) is 0 Å². The van der Waals surface area contributed by atoms with Gasteiger partial charge in [-0.3, -0.25) is 4.98 Å². The highest BCUT2D eigenvalue weighted by atomic mass is 19.4. The average molecular weight is 247 g/mol. The first-order valence-electron chi connectivity index (χ1n) is 5.01. The summed E-state index contributed by atoms with van der Waals surface area (Å²) in [6.45, 7) is 3.61. The van der Waals surface area contributed by atoms with Crippen molar-refractivity contribution in [2.45, 2.75) is 26.4 Å². The van der Waals surface area contributed by atoms with Crippen molar-refractivity contribution in [3.63, 3.8) is 0 Å². The molecular formula is C11H12F3NO2. The smallest absolute Gasteiger partial charge is 0.433 e. The third-order valence-corrected chi connectivity index (χ3v) is 2.14. The molecule has 0 radical (unpaired) electrons. The van der Waals surface area contributed by atoms with Gasteiger partial charge in [0.1, 0.15) is 5.69 Å². The van der Waals surface area contributed by atoms with Gasteiger partial charge in [-0.2, -0.15) is 13.2 Å². The molecule has 0 amide bonds. The van der Waals surface area contributed by atoms with Gasteiger partial charge in [-0.25, -0.2) is 4.79 Å². The van der Waals surface area contributed by atoms with Crippen molar-refractivity contribution in [1.82, 2.24) is 4.98 Å². The highest BCUT2D eigenvalue weighted by Crippen LogP contribution is 2.29. The average Bonchev–Trinajstić information content (AvgIpc) is 2.14. The first kappa shape index (κ1) is 13.5. The molecule has 0 unspecified atom stereocenters. The number of carbonyl (C=O) groups is 1. The van der Waals surface area contributed by atoms with Gasteiger partial charge in [0.15, 0.2) is 0 Å². The highest BCUT2D eigenvalue weighted by Gasteiger charge is 2.33. The lowest BCUT2D eigenvalue weighted by Gasteiger charge is -2.12. The Balaban J connectivity index is 3.24. The summed E-state index contributed by atoms with van der Waals surface area (Å²) in [5.41, 5.74) is -1.07. The second-order valence-electron chi connectivity index (χ2n) is 4.13. The van der Waals surface area contributed by atoms with E-state index in [0.717, 1.165) is 12.3 Å². The van der Waals surface area contributed by atoms with E-state index >= 15 is 0 Å². The van der Waals surface area contributed by atoms with Crippen LogP contribution in [0.15, 0.2) is 12.3 Å². The lowest BCUT2D eigenvalue weighted by atomic mass is 9.98. The van der Waals surface area contributed by atoms with Crippen LogP contribution >= 0.6 is 0 Å². The summed E-state index contributed by atoms with van der Waals surface area (Å²) in [4.78, 5) is 14.0. The number of hydrogen-bond acceptors (Lipinski definition) is 2. The summed E-state index contributed by atoms with van der Waals surface area (Å²) in [6, 6.07) is 0.809. The monoisotopic (exact) mass is 247 g/mol. The topological polar surface area (TPSA) is 50.2 Å². The van der Waals surface area contributed by atoms with Gasteiger partial charge in [-0.15, -0.1) is 0 Å². The zero-order valence-corrected chi connectivity index (χ0v) is 9.38. The largest absolute Gasteiger partial charge is 0.478 e. The van der Waals surface area contributed by atoms with Crippen LogP contribution in [0.4, 0.5) is 13.2 Å². The van der Waals surface area contributed by atoms with Crippen LogP contribution < -0.4 is 0 Å². The molecule has 6 heteroatoms. The Bertz CT molecular complexity index is 427. The normalized spacial score (nSPS) is 11.9. The predicted octanol–water partition coefficient (Wildman–Crippen LogP) is 3.00. The molecule has 0 saturated carbocycles. The second-order valence-corrected chi connectivity index (χ2v) is 4.13. The minimum Gasteiger partial charge on any atom is -0.478 e. The quantitative estimate of drug-likeness (QED) is 0.893. The van der Waals surface area contributed by atoms with E-state index in [2.05, 4.69) is 4.98 Å². The molecule has 1 aromatic rings. The van der Waals surface area contributed by atoms with Gasteiger partial charge in [0, 0.05) is 6.20 Å². The third kappa shape index (κ3) is 3.44. The molecule has 0 bridgehead atoms. The summed E-state index contributed by atoms with van der Waals surface area (Å²) >= 11 is 0. The molecule has 0 saturated heterocycles. The summed E-state index contributed by atoms with van der Waals surface area (Å²) in [7, 11) is 0. The van der Waals surface area contributed by atoms with E-state index in [4.69, 9.17) is 5.11 Å². The maximum Gasteiger partial charge on any atom is 0.433 e. The fourth-order valence-electron chi connectivity index (χ4n) is 1.45. The second kappa shape index (κ2) is 4.73. The van der Waals surface area contributed by atoms with E-state index in [9.17, 15) is 18.0 Å². The molecule has 0 spiro atoms. The number of halogens is 3. The number of pyridine rings is 1. The third-order valence-electron chi connectivity index (χ3n) is 2.14. The van der Waals surface area contributed by atoms with Crippen LogP contribution in [0.2, 0.25) is 0 Å². The highest BCUT2D eigenvalue weighted by molar-refractivity contribution is 5.89. The van der Waals surface area contributed by atoms with E-state index in [1.54, 1.807) is 13.8 Å². The van der Waals surface area contributed by atoms with Crippen LogP contribution in [0, 0.1) is 5.92 Å². The van der Waals surface area contributed by atoms with Crippen molar-refractivity contribution >= 4 is 5.97 Å². The fraction of sp³-hybridized carbons (Fsp3) is 0.455. The molecule has 1 N–H and O–H groups in total. The molecule has 0 aliphatic heterocycles. The molecule has 17 heavy (non-hydrogen) atoms. The van der Waals surface area contributed by atoms with Crippen LogP contribution in [0.3, 0.4) is 0 Å². The molecule has 1 heterocycles. The Hall–Kier alpha value is -1.59. The van der Waals surface area contributed by atoms with Crippen LogP contribution in [-0.4, -0.2) is 16.1 Å². The Kier molecular flexibility index (Phi) is 3.75. The van der Waals surface area contributed by atoms with Crippen LogP contribution in [0.25, 0.3) is 0 Å². The maximum absolute atomic E-state index is 12.4. The van der Waals surface area contributed by atoms with Crippen molar-refractivity contribution in [1.29, 1.82) is 0 Å². The number of carboxylic acid groups (broad SMARTS) is 1. The lowest BCUT2D eigenvalue weighted by Crippen LogP contribution is -2.13. The molecule has 1 aromatic heterocycles. The van der Waals surface area contributed by atoms with Crippen LogP contribution in [-0.2, 0) is 12.6 Å². The molecule has 0 fully saturated rings. The minimum atomic E-state index is -4.55. The van der Waals surface area contributed by atoms with Gasteiger partial charge in [0.25, 0.3) is 0 Å². The summed E-state index contributed by atoms with van der Waals surface area (Å²) in [6.07, 6.45) is -3.52. The number of alkyl halides is 3. The van der Waals surface area contributed by atoms with E-state index < -0.39 is 17.8 Å². The molecule has 1 rings (SSSR count). The van der Waals surface area contributed by atoms with E-state index in [0.29, 0.717) is 0 Å². The molecule has 3 nitrogen and oxygen atoms in total. The minimum absolute atomic E-state index is 0.0663. The molecular weight excluding hydrogens is 235 g/mol. The van der Waals surface area contributed by atoms with Crippen molar-refractivity contribution in [3.05, 3.63) is 29.1 Å². The molecule has 0 aliphatic rings. The number of carboxylic acids is 1. The van der Waals surface area contributed by atoms with Crippen LogP contribution in [0.1, 0.15) is 35.5 Å². The molecule has 0 aromatic carbocycles. The lowest BCUT2D eigenvalue weighted by molar-refractivity contribution is -0.141. The Morgan fingerprint density at radius 1 is 1.47 bits per heavy atom. The molecule has 0 aliphatic carbocycles. The Morgan fingerprint density at radius 2 is 2.06 bits per heavy atom. The van der Waals surface area contributed by atoms with Gasteiger partial charge < -0.3 is 5.11 Å². The fourth-order valence-corrected chi connectivity index (χ4v) is 1.45. The predicted molar refractivity (Wildman–Crippen MR) is 54.7 cm³/mol. The number of hydrogen-bond donors (Lipinski definition) is 1. The first-order valence-corrected chi connectivity index (χ1v) is 5.01. The van der Waals surface area contributed by atoms with Gasteiger partial charge in [0.05, 0.1) is 5.56 Å². The van der Waals surface area contributed by atoms with Crippen molar-refractivity contribution < 1.29 is 23.1 Å². The van der Waals surface area contributed by atoms with E-state index in [1.807, 2.05) is 0 Å². The Morgan fingerprint density at radius 3 is 2.47 bits per heavy atom. The maximum atomic E-state index is 12.4. The van der Waals surface area contributed by atoms with E-state index in [-0.39, 0.29) is 23.5 Å². The first-order chi connectivity index (χ1) is 7.71. The van der Waals surface area contributed by atoms with E-state index in [1.165, 1.54) is 0 Å². The summed E-state index contributed by atoms with van der Waals surface area (Å²) in [5, 5.41) is 8.85. The number of nitrogens with zero attached hydrogens (tertiary/aromatic N) is 1. The van der Waals surface area contributed by atoms with Gasteiger partial charge in [-0.05, 0) is 24.0 Å². The zero-order chi connectivity index (χ0) is 13.2. The zero-order valence-electron chi connectivity index (χ0n) is 9.38. The van der Waals surface area contributed by atoms with Gasteiger partial charge >= 0.3 is 12.1 Å². The molecule has 0 atom stereocenters. The van der Waals surface area contributed by atoms with Gasteiger partial charge in [-0.1, -0.05) is 13.8 Å². The summed E-state index contributed by atoms with van der Waals surface area (Å²) in [5.74, 6) is -1.20. The number of aromatic nitrogens is 1. The Labute approximate surface area is 96.3 Å². The van der Waals surface area contributed by atoms with Crippen molar-refractivity contribution in [3.8, 4) is 0 Å². The standard InChI is InChI=1S/C11H12F3NO2/c1-6(2)3-7-4-9(11(12,13)14)15-5-8(7)10(16)17/h4-6H,3H2,1-2H3,(H,16,17). The SMILES string of the molecule is CC(C)Cc1cc(C(F)(F)F)ncc1C(=O)O. The molecule has 94 valence electrons. The number of aromatic carboxylic acids is 1. The van der Waals surface area contributed by atoms with Crippen molar-refractivity contribution in [2.24, 2.45) is 5.92 Å². The number of rotatable bonds is 3. The van der Waals surface area contributed by atoms with Crippen molar-refractivity contribution in [2.75, 3.05) is 0 Å².